The molecule has 0 spiro atoms. The largest absolute Gasteiger partial charge is 0.252 e. The zero-order valence-corrected chi connectivity index (χ0v) is 11.4. The fraction of sp³-hybridized carbons (Fsp3) is 0.200. The first kappa shape index (κ1) is 12.3. The molecule has 17 heavy (non-hydrogen) atoms. The van der Waals surface area contributed by atoms with Crippen LogP contribution in [0.15, 0.2) is 30.5 Å². The van der Waals surface area contributed by atoms with Crippen molar-refractivity contribution in [3.05, 3.63) is 36.0 Å². The van der Waals surface area contributed by atoms with E-state index in [4.69, 9.17) is 0 Å². The summed E-state index contributed by atoms with van der Waals surface area (Å²) in [5.41, 5.74) is 2.46. The third kappa shape index (κ3) is 2.55. The molecule has 7 heteroatoms. The molecule has 90 valence electrons. The summed E-state index contributed by atoms with van der Waals surface area (Å²) in [6.45, 7) is 0. The fourth-order valence-corrected chi connectivity index (χ4v) is 2.37. The van der Waals surface area contributed by atoms with E-state index in [-0.39, 0.29) is 0 Å². The quantitative estimate of drug-likeness (QED) is 0.808. The summed E-state index contributed by atoms with van der Waals surface area (Å²) in [4.78, 5) is 0. The molecule has 2 aromatic rings. The number of hydrogen-bond donors (Lipinski definition) is 0. The molecule has 0 radical (unpaired) electrons. The lowest BCUT2D eigenvalue weighted by atomic mass is 10.1. The minimum Gasteiger partial charge on any atom is -0.205 e. The lowest BCUT2D eigenvalue weighted by Gasteiger charge is -2.02. The molecular weight excluding hydrogens is 306 g/mol. The van der Waals surface area contributed by atoms with Crippen LogP contribution >= 0.6 is 15.9 Å². The second-order valence-corrected chi connectivity index (χ2v) is 5.93. The number of aromatic nitrogens is 3. The van der Waals surface area contributed by atoms with Gasteiger partial charge in [0.25, 0.3) is 10.0 Å². The summed E-state index contributed by atoms with van der Waals surface area (Å²) in [5.74, 6) is 0. The fourth-order valence-electron chi connectivity index (χ4n) is 1.42. The van der Waals surface area contributed by atoms with Crippen molar-refractivity contribution in [1.29, 1.82) is 0 Å². The first-order chi connectivity index (χ1) is 8.02. The third-order valence-electron chi connectivity index (χ3n) is 2.25. The van der Waals surface area contributed by atoms with Gasteiger partial charge in [-0.25, -0.2) is 8.42 Å². The highest BCUT2D eigenvalue weighted by molar-refractivity contribution is 9.08. The zero-order chi connectivity index (χ0) is 12.5. The van der Waals surface area contributed by atoms with Gasteiger partial charge in [0.2, 0.25) is 0 Å². The number of nitrogens with zero attached hydrogens (tertiary/aromatic N) is 3. The first-order valence-electron chi connectivity index (χ1n) is 4.79. The smallest absolute Gasteiger partial charge is 0.205 e. The van der Waals surface area contributed by atoms with E-state index in [1.807, 2.05) is 24.3 Å². The van der Waals surface area contributed by atoms with E-state index in [0.717, 1.165) is 21.5 Å². The predicted octanol–water partition coefficient (Wildman–Crippen LogP) is 1.65. The van der Waals surface area contributed by atoms with Gasteiger partial charge in [0.05, 0.1) is 12.5 Å². The van der Waals surface area contributed by atoms with Gasteiger partial charge >= 0.3 is 0 Å². The van der Waals surface area contributed by atoms with Gasteiger partial charge in [0.1, 0.15) is 5.69 Å². The van der Waals surface area contributed by atoms with Crippen LogP contribution in [0.1, 0.15) is 5.56 Å². The normalized spacial score (nSPS) is 11.6. The Hall–Kier alpha value is -1.21. The second kappa shape index (κ2) is 4.58. The van der Waals surface area contributed by atoms with Crippen molar-refractivity contribution in [2.24, 2.45) is 0 Å². The van der Waals surface area contributed by atoms with E-state index in [2.05, 4.69) is 26.2 Å². The van der Waals surface area contributed by atoms with E-state index >= 15 is 0 Å². The molecule has 1 heterocycles. The molecule has 1 aromatic carbocycles. The van der Waals surface area contributed by atoms with Crippen molar-refractivity contribution < 1.29 is 8.42 Å². The minimum atomic E-state index is -3.38. The van der Waals surface area contributed by atoms with E-state index in [1.165, 1.54) is 6.20 Å². The highest BCUT2D eigenvalue weighted by atomic mass is 79.9. The van der Waals surface area contributed by atoms with Crippen LogP contribution in [0.5, 0.6) is 0 Å². The standard InChI is InChI=1S/C10H10BrN3O2S/c1-17(15,16)14-7-10(12-13-14)9-5-3-2-4-8(9)6-11/h2-5,7H,6H2,1H3. The van der Waals surface area contributed by atoms with Gasteiger partial charge in [-0.05, 0) is 5.56 Å². The molecule has 0 saturated carbocycles. The van der Waals surface area contributed by atoms with E-state index in [0.29, 0.717) is 11.0 Å². The zero-order valence-electron chi connectivity index (χ0n) is 9.04. The summed E-state index contributed by atoms with van der Waals surface area (Å²) in [5, 5.41) is 8.15. The van der Waals surface area contributed by atoms with Gasteiger partial charge in [-0.3, -0.25) is 0 Å². The van der Waals surface area contributed by atoms with Crippen LogP contribution in [0, 0.1) is 0 Å². The highest BCUT2D eigenvalue weighted by Crippen LogP contribution is 2.23. The molecule has 5 nitrogen and oxygen atoms in total. The summed E-state index contributed by atoms with van der Waals surface area (Å²) in [6, 6.07) is 7.62. The SMILES string of the molecule is CS(=O)(=O)n1cc(-c2ccccc2CBr)nn1. The Morgan fingerprint density at radius 3 is 2.65 bits per heavy atom. The maximum atomic E-state index is 11.3. The Morgan fingerprint density at radius 1 is 1.35 bits per heavy atom. The Kier molecular flexibility index (Phi) is 3.30. The van der Waals surface area contributed by atoms with Crippen molar-refractivity contribution in [1.82, 2.24) is 14.4 Å². The number of alkyl halides is 1. The number of benzene rings is 1. The highest BCUT2D eigenvalue weighted by Gasteiger charge is 2.12. The van der Waals surface area contributed by atoms with E-state index in [1.54, 1.807) is 0 Å². The second-order valence-electron chi connectivity index (χ2n) is 3.53. The average molecular weight is 316 g/mol. The van der Waals surface area contributed by atoms with Gasteiger partial charge in [0, 0.05) is 10.9 Å². The van der Waals surface area contributed by atoms with Crippen LogP contribution in [0.4, 0.5) is 0 Å². The molecular formula is C10H10BrN3O2S. The Labute approximate surface area is 108 Å². The van der Waals surface area contributed by atoms with Gasteiger partial charge in [-0.2, -0.15) is 0 Å². The van der Waals surface area contributed by atoms with Gasteiger partial charge in [0.15, 0.2) is 0 Å². The molecule has 1 aromatic heterocycles. The Balaban J connectivity index is 2.51. The summed E-state index contributed by atoms with van der Waals surface area (Å²) < 4.78 is 23.4. The molecule has 0 unspecified atom stereocenters. The molecule has 0 aliphatic heterocycles. The molecule has 0 atom stereocenters. The molecule has 2 rings (SSSR count). The van der Waals surface area contributed by atoms with Crippen LogP contribution in [0.3, 0.4) is 0 Å². The average Bonchev–Trinajstić information content (AvgIpc) is 2.77. The Morgan fingerprint density at radius 2 is 2.06 bits per heavy atom. The maximum Gasteiger partial charge on any atom is 0.252 e. The van der Waals surface area contributed by atoms with Crippen molar-refractivity contribution in [2.75, 3.05) is 6.26 Å². The predicted molar refractivity (Wildman–Crippen MR) is 68.3 cm³/mol. The maximum absolute atomic E-state index is 11.3. The van der Waals surface area contributed by atoms with Crippen LogP contribution in [-0.4, -0.2) is 29.1 Å². The molecule has 0 N–H and O–H groups in total. The number of rotatable bonds is 3. The summed E-state index contributed by atoms with van der Waals surface area (Å²) >= 11 is 3.38. The van der Waals surface area contributed by atoms with Crippen molar-refractivity contribution in [2.45, 2.75) is 5.33 Å². The molecule has 0 aliphatic rings. The minimum absolute atomic E-state index is 0.547. The molecule has 0 aliphatic carbocycles. The number of hydrogen-bond acceptors (Lipinski definition) is 4. The first-order valence-corrected chi connectivity index (χ1v) is 7.76. The monoisotopic (exact) mass is 315 g/mol. The van der Waals surface area contributed by atoms with Crippen LogP contribution in [-0.2, 0) is 15.4 Å². The molecule has 0 bridgehead atoms. The number of halogens is 1. The molecule has 0 saturated heterocycles. The van der Waals surface area contributed by atoms with Gasteiger partial charge < -0.3 is 0 Å². The topological polar surface area (TPSA) is 64.8 Å². The van der Waals surface area contributed by atoms with Crippen molar-refractivity contribution in [3.8, 4) is 11.3 Å². The van der Waals surface area contributed by atoms with Gasteiger partial charge in [-0.15, -0.1) is 9.19 Å². The van der Waals surface area contributed by atoms with Crippen molar-refractivity contribution in [3.63, 3.8) is 0 Å². The summed E-state index contributed by atoms with van der Waals surface area (Å²) in [6.07, 6.45) is 2.50. The van der Waals surface area contributed by atoms with Crippen LogP contribution < -0.4 is 0 Å². The van der Waals surface area contributed by atoms with Crippen LogP contribution in [0.25, 0.3) is 11.3 Å². The van der Waals surface area contributed by atoms with E-state index in [9.17, 15) is 8.42 Å². The molecule has 0 amide bonds. The lowest BCUT2D eigenvalue weighted by Crippen LogP contribution is -2.10. The summed E-state index contributed by atoms with van der Waals surface area (Å²) in [7, 11) is -3.38. The van der Waals surface area contributed by atoms with Crippen molar-refractivity contribution >= 4 is 26.0 Å². The third-order valence-corrected chi connectivity index (χ3v) is 3.71. The Bertz CT molecular complexity index is 637. The lowest BCUT2D eigenvalue weighted by molar-refractivity contribution is 0.583. The van der Waals surface area contributed by atoms with E-state index < -0.39 is 10.0 Å². The van der Waals surface area contributed by atoms with Gasteiger partial charge in [-0.1, -0.05) is 45.4 Å². The molecule has 0 fully saturated rings. The van der Waals surface area contributed by atoms with Crippen LogP contribution in [0.2, 0.25) is 0 Å².